The average molecular weight is 425 g/mol. The molecule has 5 heteroatoms. The molecule has 0 aliphatic heterocycles. The van der Waals surface area contributed by atoms with E-state index in [4.69, 9.17) is 0 Å². The van der Waals surface area contributed by atoms with Gasteiger partial charge in [0.05, 0.1) is 5.56 Å². The minimum absolute atomic E-state index is 0.111. The summed E-state index contributed by atoms with van der Waals surface area (Å²) in [6.45, 7) is 5.07. The number of nitrogens with zero attached hydrogens (tertiary/aromatic N) is 1. The summed E-state index contributed by atoms with van der Waals surface area (Å²) in [5, 5.41) is 3.83. The molecule has 2 aliphatic carbocycles. The van der Waals surface area contributed by atoms with Crippen LogP contribution in [0, 0.1) is 5.92 Å². The Labute approximate surface area is 183 Å². The van der Waals surface area contributed by atoms with Crippen LogP contribution in [0.25, 0.3) is 0 Å². The van der Waals surface area contributed by atoms with Gasteiger partial charge in [-0.05, 0) is 62.6 Å². The second-order valence-electron chi connectivity index (χ2n) is 8.76. The Morgan fingerprint density at radius 3 is 2.53 bits per heavy atom. The van der Waals surface area contributed by atoms with Crippen LogP contribution in [-0.4, -0.2) is 29.3 Å². The summed E-state index contributed by atoms with van der Waals surface area (Å²) in [7, 11) is 0. The van der Waals surface area contributed by atoms with E-state index in [1.807, 2.05) is 30.3 Å². The van der Waals surface area contributed by atoms with Gasteiger partial charge < -0.3 is 10.2 Å². The van der Waals surface area contributed by atoms with E-state index in [1.165, 1.54) is 29.7 Å². The van der Waals surface area contributed by atoms with Crippen molar-refractivity contribution in [3.05, 3.63) is 51.9 Å². The van der Waals surface area contributed by atoms with Crippen LogP contribution in [-0.2, 0) is 12.8 Å². The highest BCUT2D eigenvalue weighted by Gasteiger charge is 2.33. The fraction of sp³-hybridized carbons (Fsp3) is 0.520. The number of carbonyl (C=O) groups excluding carboxylic acids is 2. The molecule has 4 nitrogen and oxygen atoms in total. The Morgan fingerprint density at radius 2 is 1.83 bits per heavy atom. The van der Waals surface area contributed by atoms with E-state index in [-0.39, 0.29) is 11.8 Å². The van der Waals surface area contributed by atoms with E-state index in [9.17, 15) is 9.59 Å². The lowest BCUT2D eigenvalue weighted by atomic mass is 9.87. The second-order valence-corrected chi connectivity index (χ2v) is 9.86. The van der Waals surface area contributed by atoms with Crippen LogP contribution in [0.3, 0.4) is 0 Å². The molecule has 2 aromatic rings. The lowest BCUT2D eigenvalue weighted by Crippen LogP contribution is -2.41. The Bertz CT molecular complexity index is 899. The maximum Gasteiger partial charge on any atom is 0.257 e. The summed E-state index contributed by atoms with van der Waals surface area (Å²) in [5.74, 6) is 0.592. The molecule has 30 heavy (non-hydrogen) atoms. The first kappa shape index (κ1) is 21.1. The van der Waals surface area contributed by atoms with E-state index in [0.29, 0.717) is 17.5 Å². The van der Waals surface area contributed by atoms with E-state index in [0.717, 1.165) is 49.2 Å². The zero-order valence-corrected chi connectivity index (χ0v) is 18.9. The van der Waals surface area contributed by atoms with Crippen molar-refractivity contribution in [3.63, 3.8) is 0 Å². The fourth-order valence-electron chi connectivity index (χ4n) is 4.93. The van der Waals surface area contributed by atoms with Crippen molar-refractivity contribution in [2.24, 2.45) is 5.92 Å². The van der Waals surface area contributed by atoms with Gasteiger partial charge in [0.2, 0.25) is 0 Å². The number of nitrogens with one attached hydrogen (secondary N) is 1. The molecule has 1 aromatic carbocycles. The number of benzene rings is 1. The van der Waals surface area contributed by atoms with Gasteiger partial charge in [0.25, 0.3) is 11.8 Å². The van der Waals surface area contributed by atoms with Gasteiger partial charge in [-0.1, -0.05) is 44.4 Å². The largest absolute Gasteiger partial charge is 0.336 e. The van der Waals surface area contributed by atoms with E-state index in [2.05, 4.69) is 24.1 Å². The van der Waals surface area contributed by atoms with Gasteiger partial charge in [0, 0.05) is 23.0 Å². The third-order valence-corrected chi connectivity index (χ3v) is 7.78. The van der Waals surface area contributed by atoms with Gasteiger partial charge in [-0.2, -0.15) is 0 Å². The Kier molecular flexibility index (Phi) is 6.57. The first-order valence-electron chi connectivity index (χ1n) is 11.4. The minimum atomic E-state index is -0.142. The van der Waals surface area contributed by atoms with Crippen LogP contribution in [0.2, 0.25) is 0 Å². The molecule has 2 aliphatic rings. The zero-order chi connectivity index (χ0) is 21.1. The monoisotopic (exact) mass is 424 g/mol. The van der Waals surface area contributed by atoms with Crippen LogP contribution in [0.15, 0.2) is 30.3 Å². The predicted molar refractivity (Wildman–Crippen MR) is 123 cm³/mol. The molecular formula is C25H32N2O2S. The number of carbonyl (C=O) groups is 2. The predicted octanol–water partition coefficient (Wildman–Crippen LogP) is 5.92. The van der Waals surface area contributed by atoms with Gasteiger partial charge in [0.15, 0.2) is 0 Å². The Morgan fingerprint density at radius 1 is 1.10 bits per heavy atom. The number of hydrogen-bond donors (Lipinski definition) is 1. The number of fused-ring (bicyclic) bond motifs is 1. The number of amides is 2. The molecule has 1 N–H and O–H groups in total. The molecule has 4 rings (SSSR count). The second kappa shape index (κ2) is 9.34. The molecule has 1 atom stereocenters. The van der Waals surface area contributed by atoms with Gasteiger partial charge in [-0.15, -0.1) is 11.3 Å². The standard InChI is InChI=1S/C25H32N2O2S/c1-3-27(19-12-8-5-9-13-19)25(29)22-20-15-14-17(2)16-21(20)30-24(22)26-23(28)18-10-6-4-7-11-18/h4,6-7,10-11,17,19H,3,5,8-9,12-16H2,1-2H3,(H,26,28)/t17-/m0/s1. The van der Waals surface area contributed by atoms with Crippen molar-refractivity contribution < 1.29 is 9.59 Å². The Hall–Kier alpha value is -2.14. The van der Waals surface area contributed by atoms with Gasteiger partial charge in [-0.25, -0.2) is 0 Å². The maximum atomic E-state index is 13.8. The molecule has 0 radical (unpaired) electrons. The smallest absolute Gasteiger partial charge is 0.257 e. The number of anilines is 1. The molecule has 160 valence electrons. The molecule has 1 heterocycles. The van der Waals surface area contributed by atoms with Crippen molar-refractivity contribution in [2.45, 2.75) is 71.3 Å². The summed E-state index contributed by atoms with van der Waals surface area (Å²) in [6.07, 6.45) is 8.88. The summed E-state index contributed by atoms with van der Waals surface area (Å²) >= 11 is 1.61. The summed E-state index contributed by atoms with van der Waals surface area (Å²) in [4.78, 5) is 30.0. The molecular weight excluding hydrogens is 392 g/mol. The minimum Gasteiger partial charge on any atom is -0.336 e. The molecule has 1 aromatic heterocycles. The molecule has 1 saturated carbocycles. The van der Waals surface area contributed by atoms with Gasteiger partial charge in [-0.3, -0.25) is 9.59 Å². The topological polar surface area (TPSA) is 49.4 Å². The van der Waals surface area contributed by atoms with Crippen LogP contribution < -0.4 is 5.32 Å². The average Bonchev–Trinajstić information content (AvgIpc) is 3.12. The summed E-state index contributed by atoms with van der Waals surface area (Å²) in [6, 6.07) is 9.58. The fourth-order valence-corrected chi connectivity index (χ4v) is 6.33. The van der Waals surface area contributed by atoms with Gasteiger partial charge >= 0.3 is 0 Å². The summed E-state index contributed by atoms with van der Waals surface area (Å²) in [5.41, 5.74) is 2.56. The maximum absolute atomic E-state index is 13.8. The molecule has 2 amide bonds. The SMILES string of the molecule is CCN(C(=O)c1c(NC(=O)c2ccccc2)sc2c1CC[C@H](C)C2)C1CCCCC1. The highest BCUT2D eigenvalue weighted by molar-refractivity contribution is 7.17. The quantitative estimate of drug-likeness (QED) is 0.648. The van der Waals surface area contributed by atoms with Crippen LogP contribution >= 0.6 is 11.3 Å². The van der Waals surface area contributed by atoms with Crippen molar-refractivity contribution >= 4 is 28.2 Å². The van der Waals surface area contributed by atoms with Crippen molar-refractivity contribution in [3.8, 4) is 0 Å². The Balaban J connectivity index is 1.68. The van der Waals surface area contributed by atoms with Crippen LogP contribution in [0.1, 0.15) is 83.5 Å². The highest BCUT2D eigenvalue weighted by atomic mass is 32.1. The highest BCUT2D eigenvalue weighted by Crippen LogP contribution is 2.41. The summed E-state index contributed by atoms with van der Waals surface area (Å²) < 4.78 is 0. The molecule has 0 saturated heterocycles. The zero-order valence-electron chi connectivity index (χ0n) is 18.1. The number of rotatable bonds is 5. The third kappa shape index (κ3) is 4.31. The van der Waals surface area contributed by atoms with E-state index < -0.39 is 0 Å². The van der Waals surface area contributed by atoms with Crippen LogP contribution in [0.5, 0.6) is 0 Å². The van der Waals surface area contributed by atoms with Crippen LogP contribution in [0.4, 0.5) is 5.00 Å². The molecule has 0 bridgehead atoms. The van der Waals surface area contributed by atoms with Crippen molar-refractivity contribution in [1.29, 1.82) is 0 Å². The molecule has 1 fully saturated rings. The van der Waals surface area contributed by atoms with Crippen molar-refractivity contribution in [2.75, 3.05) is 11.9 Å². The molecule has 0 unspecified atom stereocenters. The van der Waals surface area contributed by atoms with E-state index in [1.54, 1.807) is 11.3 Å². The molecule has 0 spiro atoms. The normalized spacial score (nSPS) is 19.2. The number of hydrogen-bond acceptors (Lipinski definition) is 3. The van der Waals surface area contributed by atoms with Crippen molar-refractivity contribution in [1.82, 2.24) is 4.90 Å². The van der Waals surface area contributed by atoms with Gasteiger partial charge in [0.1, 0.15) is 5.00 Å². The lowest BCUT2D eigenvalue weighted by Gasteiger charge is -2.34. The number of thiophene rings is 1. The first-order valence-corrected chi connectivity index (χ1v) is 12.2. The first-order chi connectivity index (χ1) is 14.6. The van der Waals surface area contributed by atoms with E-state index >= 15 is 0 Å². The third-order valence-electron chi connectivity index (χ3n) is 6.61. The lowest BCUT2D eigenvalue weighted by molar-refractivity contribution is 0.0648.